The second-order valence-corrected chi connectivity index (χ2v) is 6.77. The van der Waals surface area contributed by atoms with Crippen molar-refractivity contribution in [1.82, 2.24) is 5.32 Å². The summed E-state index contributed by atoms with van der Waals surface area (Å²) < 4.78 is 16.6. The molecule has 0 spiro atoms. The van der Waals surface area contributed by atoms with Crippen molar-refractivity contribution >= 4 is 6.09 Å². The number of amides is 1. The first-order valence-corrected chi connectivity index (χ1v) is 7.80. The van der Waals surface area contributed by atoms with Gasteiger partial charge >= 0.3 is 6.09 Å². The minimum atomic E-state index is -0.566. The Labute approximate surface area is 137 Å². The third-order valence-corrected chi connectivity index (χ3v) is 3.55. The molecule has 1 aromatic rings. The third-order valence-electron chi connectivity index (χ3n) is 3.55. The average molecular weight is 322 g/mol. The molecule has 0 aromatic heterocycles. The first-order chi connectivity index (χ1) is 10.7. The Balaban J connectivity index is 2.24. The molecule has 2 rings (SSSR count). The van der Waals surface area contributed by atoms with Crippen LogP contribution in [-0.4, -0.2) is 31.5 Å². The lowest BCUT2D eigenvalue weighted by molar-refractivity contribution is 0.0504. The van der Waals surface area contributed by atoms with E-state index in [0.29, 0.717) is 5.75 Å². The summed E-state index contributed by atoms with van der Waals surface area (Å²) in [5.41, 5.74) is 7.17. The minimum absolute atomic E-state index is 0.139. The van der Waals surface area contributed by atoms with Crippen LogP contribution in [-0.2, 0) is 11.2 Å². The lowest BCUT2D eigenvalue weighted by atomic mass is 10.0. The van der Waals surface area contributed by atoms with E-state index in [4.69, 9.17) is 19.9 Å². The summed E-state index contributed by atoms with van der Waals surface area (Å²) in [7, 11) is 1.60. The highest BCUT2D eigenvalue weighted by molar-refractivity contribution is 5.69. The van der Waals surface area contributed by atoms with E-state index in [0.717, 1.165) is 23.3 Å². The smallest absolute Gasteiger partial charge is 0.408 e. The van der Waals surface area contributed by atoms with Crippen molar-refractivity contribution in [3.8, 4) is 11.5 Å². The number of alkyl carbamates (subject to hydrolysis) is 1. The Bertz CT molecular complexity index is 581. The van der Waals surface area contributed by atoms with Crippen LogP contribution in [0, 0.1) is 0 Å². The standard InChI is InChI=1S/C17H26N2O4/c1-10-6-11-7-15(21-5)12(8-14(11)22-10)13(9-18)19-16(20)23-17(2,3)4/h7-8,10,13H,6,9,18H2,1-5H3,(H,19,20). The van der Waals surface area contributed by atoms with Crippen molar-refractivity contribution in [2.75, 3.05) is 13.7 Å². The number of carbonyl (C=O) groups excluding carboxylic acids is 1. The molecule has 1 aliphatic rings. The number of rotatable bonds is 4. The molecule has 0 bridgehead atoms. The lowest BCUT2D eigenvalue weighted by Gasteiger charge is -2.24. The van der Waals surface area contributed by atoms with Crippen molar-refractivity contribution < 1.29 is 19.0 Å². The Hall–Kier alpha value is -1.95. The predicted octanol–water partition coefficient (Wildman–Crippen LogP) is 2.54. The normalized spacial score (nSPS) is 17.9. The highest BCUT2D eigenvalue weighted by Gasteiger charge is 2.26. The molecule has 1 amide bonds. The van der Waals surface area contributed by atoms with Crippen LogP contribution in [0.25, 0.3) is 0 Å². The van der Waals surface area contributed by atoms with Crippen LogP contribution in [0.4, 0.5) is 4.79 Å². The van der Waals surface area contributed by atoms with Gasteiger partial charge in [0.05, 0.1) is 13.2 Å². The number of benzene rings is 1. The average Bonchev–Trinajstić information content (AvgIpc) is 2.80. The van der Waals surface area contributed by atoms with Gasteiger partial charge in [-0.05, 0) is 39.8 Å². The van der Waals surface area contributed by atoms with Crippen LogP contribution in [0.3, 0.4) is 0 Å². The fraction of sp³-hybridized carbons (Fsp3) is 0.588. The number of ether oxygens (including phenoxy) is 3. The molecule has 2 atom stereocenters. The van der Waals surface area contributed by atoms with E-state index in [9.17, 15) is 4.79 Å². The molecule has 6 heteroatoms. The van der Waals surface area contributed by atoms with E-state index in [2.05, 4.69) is 5.32 Å². The van der Waals surface area contributed by atoms with Crippen LogP contribution in [0.2, 0.25) is 0 Å². The van der Waals surface area contributed by atoms with Crippen LogP contribution in [0.15, 0.2) is 12.1 Å². The number of hydrogen-bond acceptors (Lipinski definition) is 5. The van der Waals surface area contributed by atoms with Gasteiger partial charge in [-0.1, -0.05) is 0 Å². The summed E-state index contributed by atoms with van der Waals surface area (Å²) in [4.78, 5) is 12.0. The van der Waals surface area contributed by atoms with Crippen molar-refractivity contribution in [3.63, 3.8) is 0 Å². The summed E-state index contributed by atoms with van der Waals surface area (Å²) in [5.74, 6) is 1.51. The van der Waals surface area contributed by atoms with Crippen LogP contribution in [0.1, 0.15) is 44.9 Å². The van der Waals surface area contributed by atoms with Crippen molar-refractivity contribution in [1.29, 1.82) is 0 Å². The molecule has 0 saturated heterocycles. The first kappa shape index (κ1) is 17.4. The Morgan fingerprint density at radius 1 is 1.48 bits per heavy atom. The minimum Gasteiger partial charge on any atom is -0.496 e. The van der Waals surface area contributed by atoms with E-state index < -0.39 is 17.7 Å². The second-order valence-electron chi connectivity index (χ2n) is 6.77. The molecule has 1 aromatic carbocycles. The van der Waals surface area contributed by atoms with Crippen LogP contribution >= 0.6 is 0 Å². The summed E-state index contributed by atoms with van der Waals surface area (Å²) in [6, 6.07) is 3.43. The highest BCUT2D eigenvalue weighted by atomic mass is 16.6. The maximum absolute atomic E-state index is 12.0. The van der Waals surface area contributed by atoms with Gasteiger partial charge in [0.15, 0.2) is 0 Å². The molecule has 3 N–H and O–H groups in total. The summed E-state index contributed by atoms with van der Waals surface area (Å²) >= 11 is 0. The first-order valence-electron chi connectivity index (χ1n) is 7.80. The Morgan fingerprint density at radius 2 is 2.17 bits per heavy atom. The molecule has 2 unspecified atom stereocenters. The molecule has 1 aliphatic heterocycles. The highest BCUT2D eigenvalue weighted by Crippen LogP contribution is 2.37. The monoisotopic (exact) mass is 322 g/mol. The van der Waals surface area contributed by atoms with E-state index in [1.807, 2.05) is 39.8 Å². The van der Waals surface area contributed by atoms with Gasteiger partial charge in [-0.25, -0.2) is 4.79 Å². The van der Waals surface area contributed by atoms with Gasteiger partial charge in [-0.2, -0.15) is 0 Å². The van der Waals surface area contributed by atoms with Gasteiger partial charge in [0.25, 0.3) is 0 Å². The molecule has 23 heavy (non-hydrogen) atoms. The van der Waals surface area contributed by atoms with Gasteiger partial charge in [-0.3, -0.25) is 0 Å². The van der Waals surface area contributed by atoms with E-state index in [1.165, 1.54) is 0 Å². The number of methoxy groups -OCH3 is 1. The number of carbonyl (C=O) groups is 1. The third kappa shape index (κ3) is 4.28. The molecular formula is C17H26N2O4. The quantitative estimate of drug-likeness (QED) is 0.890. The number of fused-ring (bicyclic) bond motifs is 1. The fourth-order valence-corrected chi connectivity index (χ4v) is 2.62. The molecule has 0 fully saturated rings. The maximum atomic E-state index is 12.0. The van der Waals surface area contributed by atoms with Crippen LogP contribution in [0.5, 0.6) is 11.5 Å². The molecule has 1 heterocycles. The predicted molar refractivity (Wildman–Crippen MR) is 88.0 cm³/mol. The number of nitrogens with two attached hydrogens (primary N) is 1. The Kier molecular flexibility index (Phi) is 5.04. The number of hydrogen-bond donors (Lipinski definition) is 2. The van der Waals surface area contributed by atoms with E-state index in [1.54, 1.807) is 7.11 Å². The number of nitrogens with one attached hydrogen (secondary N) is 1. The second kappa shape index (κ2) is 6.66. The summed E-state index contributed by atoms with van der Waals surface area (Å²) in [5, 5.41) is 2.79. The molecule has 6 nitrogen and oxygen atoms in total. The van der Waals surface area contributed by atoms with E-state index in [-0.39, 0.29) is 12.6 Å². The molecule has 0 saturated carbocycles. The maximum Gasteiger partial charge on any atom is 0.408 e. The van der Waals surface area contributed by atoms with E-state index >= 15 is 0 Å². The van der Waals surface area contributed by atoms with Gasteiger partial charge in [0.2, 0.25) is 0 Å². The molecule has 0 aliphatic carbocycles. The zero-order valence-electron chi connectivity index (χ0n) is 14.4. The molecular weight excluding hydrogens is 296 g/mol. The van der Waals surface area contributed by atoms with Crippen molar-refractivity contribution in [2.24, 2.45) is 5.73 Å². The largest absolute Gasteiger partial charge is 0.496 e. The molecule has 0 radical (unpaired) electrons. The summed E-state index contributed by atoms with van der Waals surface area (Å²) in [6.07, 6.45) is 0.476. The fourth-order valence-electron chi connectivity index (χ4n) is 2.62. The topological polar surface area (TPSA) is 82.8 Å². The molecule has 128 valence electrons. The van der Waals surface area contributed by atoms with Gasteiger partial charge in [-0.15, -0.1) is 0 Å². The van der Waals surface area contributed by atoms with Gasteiger partial charge < -0.3 is 25.3 Å². The van der Waals surface area contributed by atoms with Crippen LogP contribution < -0.4 is 20.5 Å². The van der Waals surface area contributed by atoms with Gasteiger partial charge in [0.1, 0.15) is 23.2 Å². The van der Waals surface area contributed by atoms with Crippen molar-refractivity contribution in [2.45, 2.75) is 51.9 Å². The lowest BCUT2D eigenvalue weighted by Crippen LogP contribution is -2.37. The zero-order valence-corrected chi connectivity index (χ0v) is 14.4. The Morgan fingerprint density at radius 3 is 2.74 bits per heavy atom. The zero-order chi connectivity index (χ0) is 17.2. The van der Waals surface area contributed by atoms with Crippen molar-refractivity contribution in [3.05, 3.63) is 23.3 Å². The SMILES string of the molecule is COc1cc2c(cc1C(CN)NC(=O)OC(C)(C)C)OC(C)C2. The van der Waals surface area contributed by atoms with Gasteiger partial charge in [0, 0.05) is 24.1 Å². The summed E-state index contributed by atoms with van der Waals surface area (Å²) in [6.45, 7) is 7.69.